The van der Waals surface area contributed by atoms with Crippen molar-refractivity contribution in [2.24, 2.45) is 0 Å². The number of nitrogens with one attached hydrogen (secondary N) is 2. The molecule has 1 heterocycles. The zero-order valence-corrected chi connectivity index (χ0v) is 17.1. The predicted molar refractivity (Wildman–Crippen MR) is 113 cm³/mol. The SMILES string of the molecule is COc1ccc(CCNC(=O)c2cn(-c3ccc(NC(C)=O)cc3)cn2)cc1OC. The van der Waals surface area contributed by atoms with Gasteiger partial charge in [-0.2, -0.15) is 0 Å². The minimum absolute atomic E-state index is 0.127. The van der Waals surface area contributed by atoms with Crippen LogP contribution in [0.2, 0.25) is 0 Å². The largest absolute Gasteiger partial charge is 0.493 e. The summed E-state index contributed by atoms with van der Waals surface area (Å²) in [5.74, 6) is 0.951. The Morgan fingerprint density at radius 2 is 1.77 bits per heavy atom. The van der Waals surface area contributed by atoms with Crippen molar-refractivity contribution in [3.63, 3.8) is 0 Å². The fourth-order valence-electron chi connectivity index (χ4n) is 2.95. The van der Waals surface area contributed by atoms with Crippen molar-refractivity contribution < 1.29 is 19.1 Å². The van der Waals surface area contributed by atoms with Gasteiger partial charge < -0.3 is 24.7 Å². The van der Waals surface area contributed by atoms with E-state index in [9.17, 15) is 9.59 Å². The monoisotopic (exact) mass is 408 g/mol. The number of rotatable bonds is 8. The number of hydrogen-bond donors (Lipinski definition) is 2. The van der Waals surface area contributed by atoms with E-state index in [-0.39, 0.29) is 11.8 Å². The minimum atomic E-state index is -0.246. The first-order valence-electron chi connectivity index (χ1n) is 9.41. The van der Waals surface area contributed by atoms with Crippen LogP contribution in [0, 0.1) is 0 Å². The van der Waals surface area contributed by atoms with Crippen LogP contribution in [-0.2, 0) is 11.2 Å². The molecule has 8 heteroatoms. The molecule has 3 rings (SSSR count). The predicted octanol–water partition coefficient (Wildman–Crippen LogP) is 2.82. The molecule has 0 saturated carbocycles. The normalized spacial score (nSPS) is 10.4. The molecule has 0 unspecified atom stereocenters. The van der Waals surface area contributed by atoms with E-state index in [4.69, 9.17) is 9.47 Å². The number of carbonyl (C=O) groups is 2. The summed E-state index contributed by atoms with van der Waals surface area (Å²) < 4.78 is 12.3. The molecule has 0 aliphatic carbocycles. The van der Waals surface area contributed by atoms with Gasteiger partial charge in [0.25, 0.3) is 5.91 Å². The lowest BCUT2D eigenvalue weighted by molar-refractivity contribution is -0.114. The number of amides is 2. The topological polar surface area (TPSA) is 94.5 Å². The third kappa shape index (κ3) is 5.16. The molecular weight excluding hydrogens is 384 g/mol. The summed E-state index contributed by atoms with van der Waals surface area (Å²) in [6, 6.07) is 12.9. The summed E-state index contributed by atoms with van der Waals surface area (Å²) in [5, 5.41) is 5.59. The van der Waals surface area contributed by atoms with E-state index >= 15 is 0 Å². The highest BCUT2D eigenvalue weighted by Crippen LogP contribution is 2.27. The zero-order chi connectivity index (χ0) is 21.5. The molecule has 1 aromatic heterocycles. The summed E-state index contributed by atoms with van der Waals surface area (Å²) >= 11 is 0. The lowest BCUT2D eigenvalue weighted by Gasteiger charge is -2.09. The zero-order valence-electron chi connectivity index (χ0n) is 17.1. The van der Waals surface area contributed by atoms with E-state index in [1.165, 1.54) is 6.92 Å². The summed E-state index contributed by atoms with van der Waals surface area (Å²) in [6.07, 6.45) is 3.90. The number of carbonyl (C=O) groups excluding carboxylic acids is 2. The van der Waals surface area contributed by atoms with Gasteiger partial charge in [-0.15, -0.1) is 0 Å². The Morgan fingerprint density at radius 3 is 2.43 bits per heavy atom. The van der Waals surface area contributed by atoms with Crippen molar-refractivity contribution in [1.82, 2.24) is 14.9 Å². The molecule has 30 heavy (non-hydrogen) atoms. The average Bonchev–Trinajstić information content (AvgIpc) is 3.24. The molecule has 2 amide bonds. The highest BCUT2D eigenvalue weighted by atomic mass is 16.5. The third-order valence-electron chi connectivity index (χ3n) is 4.45. The van der Waals surface area contributed by atoms with Crippen molar-refractivity contribution in [2.75, 3.05) is 26.1 Å². The van der Waals surface area contributed by atoms with Crippen LogP contribution in [0.5, 0.6) is 11.5 Å². The number of methoxy groups -OCH3 is 2. The maximum Gasteiger partial charge on any atom is 0.271 e. The number of benzene rings is 2. The highest BCUT2D eigenvalue weighted by molar-refractivity contribution is 5.92. The van der Waals surface area contributed by atoms with Gasteiger partial charge in [-0.3, -0.25) is 9.59 Å². The third-order valence-corrected chi connectivity index (χ3v) is 4.45. The van der Waals surface area contributed by atoms with Gasteiger partial charge in [0, 0.05) is 31.0 Å². The van der Waals surface area contributed by atoms with Crippen LogP contribution in [0.25, 0.3) is 5.69 Å². The molecule has 0 aliphatic rings. The Balaban J connectivity index is 1.57. The van der Waals surface area contributed by atoms with Crippen LogP contribution >= 0.6 is 0 Å². The first-order chi connectivity index (χ1) is 14.5. The van der Waals surface area contributed by atoms with Gasteiger partial charge >= 0.3 is 0 Å². The molecule has 0 radical (unpaired) electrons. The summed E-state index contributed by atoms with van der Waals surface area (Å²) in [6.45, 7) is 1.92. The summed E-state index contributed by atoms with van der Waals surface area (Å²) in [4.78, 5) is 27.7. The van der Waals surface area contributed by atoms with Crippen LogP contribution in [0.4, 0.5) is 5.69 Å². The number of imidazole rings is 1. The standard InChI is InChI=1S/C22H24N4O4/c1-15(27)25-17-5-7-18(8-6-17)26-13-19(24-14-26)22(28)23-11-10-16-4-9-20(29-2)21(12-16)30-3/h4-9,12-14H,10-11H2,1-3H3,(H,23,28)(H,25,27). The van der Waals surface area contributed by atoms with Crippen LogP contribution in [-0.4, -0.2) is 42.1 Å². The van der Waals surface area contributed by atoms with E-state index in [2.05, 4.69) is 15.6 Å². The van der Waals surface area contributed by atoms with Gasteiger partial charge in [0.1, 0.15) is 12.0 Å². The Hall–Kier alpha value is -3.81. The molecule has 0 aliphatic heterocycles. The van der Waals surface area contributed by atoms with Gasteiger partial charge in [0.05, 0.1) is 14.2 Å². The van der Waals surface area contributed by atoms with E-state index in [1.54, 1.807) is 43.4 Å². The van der Waals surface area contributed by atoms with Crippen molar-refractivity contribution in [3.05, 3.63) is 66.2 Å². The lowest BCUT2D eigenvalue weighted by Crippen LogP contribution is -2.26. The molecule has 156 valence electrons. The molecule has 0 bridgehead atoms. The molecule has 0 spiro atoms. The number of aromatic nitrogens is 2. The molecule has 2 aromatic carbocycles. The van der Waals surface area contributed by atoms with Gasteiger partial charge in [0.2, 0.25) is 5.91 Å². The van der Waals surface area contributed by atoms with Crippen LogP contribution < -0.4 is 20.1 Å². The molecule has 0 saturated heterocycles. The maximum absolute atomic E-state index is 12.4. The van der Waals surface area contributed by atoms with Crippen LogP contribution in [0.3, 0.4) is 0 Å². The second-order valence-electron chi connectivity index (χ2n) is 6.59. The Kier molecular flexibility index (Phi) is 6.69. The van der Waals surface area contributed by atoms with E-state index in [0.29, 0.717) is 35.8 Å². The fraction of sp³-hybridized carbons (Fsp3) is 0.227. The molecule has 3 aromatic rings. The second-order valence-corrected chi connectivity index (χ2v) is 6.59. The quantitative estimate of drug-likeness (QED) is 0.598. The average molecular weight is 408 g/mol. The molecule has 8 nitrogen and oxygen atoms in total. The molecule has 0 atom stereocenters. The smallest absolute Gasteiger partial charge is 0.271 e. The van der Waals surface area contributed by atoms with E-state index in [0.717, 1.165) is 11.3 Å². The second kappa shape index (κ2) is 9.60. The van der Waals surface area contributed by atoms with E-state index in [1.807, 2.05) is 30.3 Å². The van der Waals surface area contributed by atoms with Crippen molar-refractivity contribution in [2.45, 2.75) is 13.3 Å². The Labute approximate surface area is 174 Å². The molecular formula is C22H24N4O4. The fourth-order valence-corrected chi connectivity index (χ4v) is 2.95. The number of nitrogens with zero attached hydrogens (tertiary/aromatic N) is 2. The van der Waals surface area contributed by atoms with Crippen LogP contribution in [0.1, 0.15) is 23.0 Å². The summed E-state index contributed by atoms with van der Waals surface area (Å²) in [5.41, 5.74) is 2.89. The van der Waals surface area contributed by atoms with Gasteiger partial charge in [-0.25, -0.2) is 4.98 Å². The Bertz CT molecular complexity index is 1030. The van der Waals surface area contributed by atoms with Gasteiger partial charge in [-0.1, -0.05) is 6.07 Å². The first-order valence-corrected chi connectivity index (χ1v) is 9.41. The van der Waals surface area contributed by atoms with Crippen molar-refractivity contribution in [1.29, 1.82) is 0 Å². The van der Waals surface area contributed by atoms with E-state index < -0.39 is 0 Å². The highest BCUT2D eigenvalue weighted by Gasteiger charge is 2.10. The Morgan fingerprint density at radius 1 is 1.03 bits per heavy atom. The van der Waals surface area contributed by atoms with Crippen molar-refractivity contribution >= 4 is 17.5 Å². The minimum Gasteiger partial charge on any atom is -0.493 e. The first kappa shape index (κ1) is 20.9. The van der Waals surface area contributed by atoms with Crippen molar-refractivity contribution in [3.8, 4) is 17.2 Å². The number of anilines is 1. The maximum atomic E-state index is 12.4. The molecule has 2 N–H and O–H groups in total. The number of hydrogen-bond acceptors (Lipinski definition) is 5. The van der Waals surface area contributed by atoms with Gasteiger partial charge in [-0.05, 0) is 48.4 Å². The van der Waals surface area contributed by atoms with Crippen LogP contribution in [0.15, 0.2) is 55.0 Å². The van der Waals surface area contributed by atoms with Gasteiger partial charge in [0.15, 0.2) is 11.5 Å². The number of ether oxygens (including phenoxy) is 2. The lowest BCUT2D eigenvalue weighted by atomic mass is 10.1. The summed E-state index contributed by atoms with van der Waals surface area (Å²) in [7, 11) is 3.18. The molecule has 0 fully saturated rings.